The molecule has 1 aromatic carbocycles. The molecule has 0 aliphatic carbocycles. The third kappa shape index (κ3) is 2.30. The van der Waals surface area contributed by atoms with E-state index in [2.05, 4.69) is 48.1 Å². The van der Waals surface area contributed by atoms with E-state index in [1.54, 1.807) is 0 Å². The van der Waals surface area contributed by atoms with Crippen LogP contribution >= 0.6 is 0 Å². The van der Waals surface area contributed by atoms with Gasteiger partial charge in [0.25, 0.3) is 0 Å². The number of ketones is 1. The molecule has 1 aromatic heterocycles. The molecule has 0 spiro atoms. The van der Waals surface area contributed by atoms with E-state index in [1.165, 1.54) is 16.5 Å². The van der Waals surface area contributed by atoms with Crippen LogP contribution in [0.15, 0.2) is 30.5 Å². The number of aromatic amines is 1. The second kappa shape index (κ2) is 4.49. The number of H-pyrrole nitrogens is 1. The zero-order valence-electron chi connectivity index (χ0n) is 11.6. The number of carbonyl (C=O) groups is 1. The Morgan fingerprint density at radius 1 is 1.32 bits per heavy atom. The van der Waals surface area contributed by atoms with Crippen LogP contribution < -0.4 is 0 Å². The number of fused-ring (bicyclic) bond motifs is 1. The summed E-state index contributed by atoms with van der Waals surface area (Å²) >= 11 is 0. The van der Waals surface area contributed by atoms with Crippen molar-refractivity contribution in [1.29, 1.82) is 0 Å². The van der Waals surface area contributed by atoms with E-state index in [1.807, 2.05) is 6.07 Å². The van der Waals surface area contributed by atoms with Crippen molar-refractivity contribution in [1.82, 2.24) is 9.88 Å². The Morgan fingerprint density at radius 2 is 2.11 bits per heavy atom. The SMILES string of the molecule is CC1(C)CCC(=O)CN1Cc1c[nH]c2ccccc12. The molecule has 1 aliphatic heterocycles. The Bertz CT molecular complexity index is 612. The van der Waals surface area contributed by atoms with Crippen LogP contribution in [0.4, 0.5) is 0 Å². The number of nitrogens with zero attached hydrogens (tertiary/aromatic N) is 1. The summed E-state index contributed by atoms with van der Waals surface area (Å²) in [6.45, 7) is 5.87. The topological polar surface area (TPSA) is 36.1 Å². The number of likely N-dealkylation sites (tertiary alicyclic amines) is 1. The van der Waals surface area contributed by atoms with Crippen LogP contribution in [-0.4, -0.2) is 27.8 Å². The maximum atomic E-state index is 11.7. The average molecular weight is 256 g/mol. The number of rotatable bonds is 2. The zero-order chi connectivity index (χ0) is 13.5. The lowest BCUT2D eigenvalue weighted by Crippen LogP contribution is -2.50. The maximum absolute atomic E-state index is 11.7. The molecule has 1 saturated heterocycles. The first kappa shape index (κ1) is 12.4. The van der Waals surface area contributed by atoms with Gasteiger partial charge in [0, 0.05) is 35.6 Å². The van der Waals surface area contributed by atoms with Gasteiger partial charge in [0.15, 0.2) is 0 Å². The first-order valence-corrected chi connectivity index (χ1v) is 6.88. The molecular weight excluding hydrogens is 236 g/mol. The van der Waals surface area contributed by atoms with Gasteiger partial charge in [-0.25, -0.2) is 0 Å². The normalized spacial score (nSPS) is 20.0. The van der Waals surface area contributed by atoms with E-state index < -0.39 is 0 Å². The van der Waals surface area contributed by atoms with Crippen molar-refractivity contribution < 1.29 is 4.79 Å². The van der Waals surface area contributed by atoms with Crippen LogP contribution in [0.3, 0.4) is 0 Å². The Morgan fingerprint density at radius 3 is 2.95 bits per heavy atom. The van der Waals surface area contributed by atoms with Crippen LogP contribution in [0.1, 0.15) is 32.3 Å². The summed E-state index contributed by atoms with van der Waals surface area (Å²) in [5, 5.41) is 1.26. The van der Waals surface area contributed by atoms with Crippen LogP contribution in [0.2, 0.25) is 0 Å². The third-order valence-electron chi connectivity index (χ3n) is 4.28. The molecular formula is C16H20N2O. The van der Waals surface area contributed by atoms with Crippen molar-refractivity contribution in [3.63, 3.8) is 0 Å². The number of piperidine rings is 1. The molecule has 0 unspecified atom stereocenters. The van der Waals surface area contributed by atoms with Gasteiger partial charge in [-0.05, 0) is 31.9 Å². The number of benzene rings is 1. The van der Waals surface area contributed by atoms with E-state index >= 15 is 0 Å². The van der Waals surface area contributed by atoms with E-state index in [4.69, 9.17) is 0 Å². The summed E-state index contributed by atoms with van der Waals surface area (Å²) in [6, 6.07) is 8.33. The molecule has 0 atom stereocenters. The number of carbonyl (C=O) groups excluding carboxylic acids is 1. The lowest BCUT2D eigenvalue weighted by molar-refractivity contribution is -0.126. The summed E-state index contributed by atoms with van der Waals surface area (Å²) in [4.78, 5) is 17.3. The highest BCUT2D eigenvalue weighted by atomic mass is 16.1. The number of hydrogen-bond donors (Lipinski definition) is 1. The fourth-order valence-corrected chi connectivity index (χ4v) is 2.85. The summed E-state index contributed by atoms with van der Waals surface area (Å²) in [6.07, 6.45) is 3.74. The number of Topliss-reactive ketones (excluding diaryl/α,β-unsaturated/α-hetero) is 1. The summed E-state index contributed by atoms with van der Waals surface area (Å²) in [7, 11) is 0. The molecule has 0 amide bonds. The second-order valence-corrected chi connectivity index (χ2v) is 6.07. The number of nitrogens with one attached hydrogen (secondary N) is 1. The van der Waals surface area contributed by atoms with Crippen molar-refractivity contribution >= 4 is 16.7 Å². The monoisotopic (exact) mass is 256 g/mol. The summed E-state index contributed by atoms with van der Waals surface area (Å²) in [5.74, 6) is 0.360. The Hall–Kier alpha value is -1.61. The molecule has 100 valence electrons. The molecule has 0 saturated carbocycles. The standard InChI is InChI=1S/C16H20N2O/c1-16(2)8-7-13(19)11-18(16)10-12-9-17-15-6-4-3-5-14(12)15/h3-6,9,17H,7-8,10-11H2,1-2H3. The van der Waals surface area contributed by atoms with Crippen LogP contribution in [0.25, 0.3) is 10.9 Å². The molecule has 0 radical (unpaired) electrons. The van der Waals surface area contributed by atoms with Gasteiger partial charge in [-0.3, -0.25) is 9.69 Å². The zero-order valence-corrected chi connectivity index (χ0v) is 11.6. The van der Waals surface area contributed by atoms with Gasteiger partial charge < -0.3 is 4.98 Å². The first-order chi connectivity index (χ1) is 9.06. The molecule has 3 nitrogen and oxygen atoms in total. The molecule has 0 bridgehead atoms. The molecule has 1 N–H and O–H groups in total. The Labute approximate surface area is 113 Å². The number of aromatic nitrogens is 1. The summed E-state index contributed by atoms with van der Waals surface area (Å²) in [5.41, 5.74) is 2.55. The average Bonchev–Trinajstić information content (AvgIpc) is 2.78. The highest BCUT2D eigenvalue weighted by Gasteiger charge is 2.33. The van der Waals surface area contributed by atoms with Crippen molar-refractivity contribution in [3.05, 3.63) is 36.0 Å². The first-order valence-electron chi connectivity index (χ1n) is 6.88. The van der Waals surface area contributed by atoms with Gasteiger partial charge in [-0.2, -0.15) is 0 Å². The molecule has 3 rings (SSSR count). The quantitative estimate of drug-likeness (QED) is 0.896. The van der Waals surface area contributed by atoms with Crippen LogP contribution in [0.5, 0.6) is 0 Å². The molecule has 3 heteroatoms. The molecule has 1 fully saturated rings. The fraction of sp³-hybridized carbons (Fsp3) is 0.438. The maximum Gasteiger partial charge on any atom is 0.146 e. The van der Waals surface area contributed by atoms with Gasteiger partial charge in [0.05, 0.1) is 6.54 Å². The van der Waals surface area contributed by atoms with Gasteiger partial charge in [-0.15, -0.1) is 0 Å². The van der Waals surface area contributed by atoms with E-state index in [0.717, 1.165) is 19.4 Å². The van der Waals surface area contributed by atoms with Gasteiger partial charge in [0.1, 0.15) is 5.78 Å². The lowest BCUT2D eigenvalue weighted by atomic mass is 9.89. The van der Waals surface area contributed by atoms with Gasteiger partial charge in [-0.1, -0.05) is 18.2 Å². The molecule has 1 aliphatic rings. The van der Waals surface area contributed by atoms with Crippen molar-refractivity contribution in [2.75, 3.05) is 6.54 Å². The van der Waals surface area contributed by atoms with Crippen molar-refractivity contribution in [2.24, 2.45) is 0 Å². The third-order valence-corrected chi connectivity index (χ3v) is 4.28. The van der Waals surface area contributed by atoms with Crippen LogP contribution in [-0.2, 0) is 11.3 Å². The minimum Gasteiger partial charge on any atom is -0.361 e. The molecule has 2 heterocycles. The smallest absolute Gasteiger partial charge is 0.146 e. The molecule has 2 aromatic rings. The second-order valence-electron chi connectivity index (χ2n) is 6.07. The predicted octanol–water partition coefficient (Wildman–Crippen LogP) is 3.11. The molecule has 19 heavy (non-hydrogen) atoms. The minimum absolute atomic E-state index is 0.103. The van der Waals surface area contributed by atoms with Gasteiger partial charge >= 0.3 is 0 Å². The fourth-order valence-electron chi connectivity index (χ4n) is 2.85. The number of para-hydroxylation sites is 1. The summed E-state index contributed by atoms with van der Waals surface area (Å²) < 4.78 is 0. The Kier molecular flexibility index (Phi) is 2.94. The number of hydrogen-bond acceptors (Lipinski definition) is 2. The van der Waals surface area contributed by atoms with Crippen LogP contribution in [0, 0.1) is 0 Å². The van der Waals surface area contributed by atoms with Crippen molar-refractivity contribution in [2.45, 2.75) is 38.8 Å². The Balaban J connectivity index is 1.89. The highest BCUT2D eigenvalue weighted by Crippen LogP contribution is 2.29. The highest BCUT2D eigenvalue weighted by molar-refractivity contribution is 5.83. The minimum atomic E-state index is 0.103. The van der Waals surface area contributed by atoms with E-state index in [0.29, 0.717) is 12.3 Å². The lowest BCUT2D eigenvalue weighted by Gasteiger charge is -2.41. The van der Waals surface area contributed by atoms with Crippen molar-refractivity contribution in [3.8, 4) is 0 Å². The van der Waals surface area contributed by atoms with E-state index in [-0.39, 0.29) is 5.54 Å². The largest absolute Gasteiger partial charge is 0.361 e. The predicted molar refractivity (Wildman–Crippen MR) is 77.0 cm³/mol. The van der Waals surface area contributed by atoms with Gasteiger partial charge in [0.2, 0.25) is 0 Å². The van der Waals surface area contributed by atoms with E-state index in [9.17, 15) is 4.79 Å².